The van der Waals surface area contributed by atoms with Crippen molar-refractivity contribution >= 4 is 34.0 Å². The van der Waals surface area contributed by atoms with Crippen molar-refractivity contribution in [2.45, 2.75) is 25.8 Å². The molecule has 0 aliphatic rings. The molecule has 37 heavy (non-hydrogen) atoms. The van der Waals surface area contributed by atoms with Crippen molar-refractivity contribution in [2.24, 2.45) is 5.92 Å². The number of nitrogens with one attached hydrogen (secondary N) is 2. The van der Waals surface area contributed by atoms with Gasteiger partial charge in [-0.05, 0) is 29.2 Å². The smallest absolute Gasteiger partial charge is 0.269 e. The van der Waals surface area contributed by atoms with Gasteiger partial charge in [0.15, 0.2) is 5.13 Å². The van der Waals surface area contributed by atoms with Crippen LogP contribution in [0.2, 0.25) is 0 Å². The summed E-state index contributed by atoms with van der Waals surface area (Å²) in [6.07, 6.45) is 0. The molecule has 0 aliphatic heterocycles. The molecule has 2 N–H and O–H groups in total. The van der Waals surface area contributed by atoms with Crippen LogP contribution in [-0.2, 0) is 9.59 Å². The van der Waals surface area contributed by atoms with Crippen molar-refractivity contribution in [2.75, 3.05) is 5.32 Å². The molecule has 0 fully saturated rings. The number of non-ortho nitro benzene ring substituents is 1. The number of nitrogens with zero attached hydrogens (tertiary/aromatic N) is 2. The molecule has 0 aliphatic carbocycles. The number of carbonyl (C=O) groups is 2. The molecule has 1 atom stereocenters. The number of amides is 2. The first kappa shape index (κ1) is 25.7. The summed E-state index contributed by atoms with van der Waals surface area (Å²) in [6.45, 7) is 3.74. The Labute approximate surface area is 218 Å². The summed E-state index contributed by atoms with van der Waals surface area (Å²) in [5, 5.41) is 18.8. The molecule has 4 rings (SSSR count). The Hall–Kier alpha value is -4.37. The maximum Gasteiger partial charge on any atom is 0.269 e. The number of hydrogen-bond acceptors (Lipinski definition) is 6. The Morgan fingerprint density at radius 2 is 1.43 bits per heavy atom. The highest BCUT2D eigenvalue weighted by molar-refractivity contribution is 7.14. The topological polar surface area (TPSA) is 114 Å². The average molecular weight is 515 g/mol. The second-order valence-corrected chi connectivity index (χ2v) is 9.67. The molecular formula is C28H26N4O4S. The summed E-state index contributed by atoms with van der Waals surface area (Å²) in [5.41, 5.74) is 2.95. The lowest BCUT2D eigenvalue weighted by Crippen LogP contribution is -2.48. The fourth-order valence-corrected chi connectivity index (χ4v) is 4.68. The van der Waals surface area contributed by atoms with Crippen LogP contribution in [0, 0.1) is 16.0 Å². The number of rotatable bonds is 9. The molecule has 8 nitrogen and oxygen atoms in total. The number of thiazole rings is 1. The zero-order chi connectivity index (χ0) is 26.4. The predicted molar refractivity (Wildman–Crippen MR) is 144 cm³/mol. The summed E-state index contributed by atoms with van der Waals surface area (Å²) in [6, 6.07) is 24.2. The molecule has 0 spiro atoms. The van der Waals surface area contributed by atoms with Crippen LogP contribution in [0.5, 0.6) is 0 Å². The minimum Gasteiger partial charge on any atom is -0.343 e. The quantitative estimate of drug-likeness (QED) is 0.222. The van der Waals surface area contributed by atoms with Crippen LogP contribution in [0.15, 0.2) is 90.3 Å². The second-order valence-electron chi connectivity index (χ2n) is 8.82. The van der Waals surface area contributed by atoms with Crippen molar-refractivity contribution in [3.8, 4) is 11.3 Å². The largest absolute Gasteiger partial charge is 0.343 e. The van der Waals surface area contributed by atoms with Crippen molar-refractivity contribution in [1.82, 2.24) is 10.3 Å². The molecule has 2 amide bonds. The number of hydrogen-bond donors (Lipinski definition) is 2. The highest BCUT2D eigenvalue weighted by Crippen LogP contribution is 2.28. The monoisotopic (exact) mass is 514 g/mol. The summed E-state index contributed by atoms with van der Waals surface area (Å²) in [4.78, 5) is 41.6. The Morgan fingerprint density at radius 1 is 0.865 bits per heavy atom. The molecule has 0 unspecified atom stereocenters. The highest BCUT2D eigenvalue weighted by atomic mass is 32.1. The molecule has 1 heterocycles. The van der Waals surface area contributed by atoms with Crippen molar-refractivity contribution < 1.29 is 14.5 Å². The van der Waals surface area contributed by atoms with E-state index in [1.807, 2.05) is 74.5 Å². The van der Waals surface area contributed by atoms with Gasteiger partial charge < -0.3 is 10.6 Å². The van der Waals surface area contributed by atoms with E-state index in [-0.39, 0.29) is 23.4 Å². The molecule has 0 saturated carbocycles. The normalized spacial score (nSPS) is 11.8. The second kappa shape index (κ2) is 11.6. The van der Waals surface area contributed by atoms with Gasteiger partial charge in [0.25, 0.3) is 5.69 Å². The predicted octanol–water partition coefficient (Wildman–Crippen LogP) is 5.63. The van der Waals surface area contributed by atoms with Gasteiger partial charge in [0.2, 0.25) is 11.8 Å². The van der Waals surface area contributed by atoms with E-state index in [1.165, 1.54) is 23.5 Å². The van der Waals surface area contributed by atoms with Gasteiger partial charge in [-0.25, -0.2) is 4.98 Å². The van der Waals surface area contributed by atoms with Gasteiger partial charge in [-0.15, -0.1) is 11.3 Å². The molecule has 9 heteroatoms. The molecule has 0 radical (unpaired) electrons. The van der Waals surface area contributed by atoms with E-state index >= 15 is 0 Å². The summed E-state index contributed by atoms with van der Waals surface area (Å²) in [5.74, 6) is -1.37. The van der Waals surface area contributed by atoms with Crippen LogP contribution in [0.25, 0.3) is 11.3 Å². The molecule has 1 aromatic heterocycles. The van der Waals surface area contributed by atoms with Crippen LogP contribution in [0.1, 0.15) is 30.9 Å². The lowest BCUT2D eigenvalue weighted by Gasteiger charge is -2.25. The first-order chi connectivity index (χ1) is 17.8. The zero-order valence-electron chi connectivity index (χ0n) is 20.3. The lowest BCUT2D eigenvalue weighted by atomic mass is 9.89. The Morgan fingerprint density at radius 3 is 1.95 bits per heavy atom. The van der Waals surface area contributed by atoms with E-state index in [9.17, 15) is 19.7 Å². The minimum atomic E-state index is -0.783. The third kappa shape index (κ3) is 6.25. The molecule has 3 aromatic carbocycles. The van der Waals surface area contributed by atoms with Crippen LogP contribution in [-0.4, -0.2) is 27.8 Å². The molecular weight excluding hydrogens is 488 g/mol. The number of aromatic nitrogens is 1. The molecule has 0 bridgehead atoms. The number of benzene rings is 3. The number of nitro benzene ring substituents is 1. The van der Waals surface area contributed by atoms with E-state index in [2.05, 4.69) is 15.6 Å². The first-order valence-corrected chi connectivity index (χ1v) is 12.6. The Balaban J connectivity index is 1.50. The van der Waals surface area contributed by atoms with E-state index < -0.39 is 16.9 Å². The summed E-state index contributed by atoms with van der Waals surface area (Å²) < 4.78 is 0. The maximum atomic E-state index is 13.5. The lowest BCUT2D eigenvalue weighted by molar-refractivity contribution is -0.384. The van der Waals surface area contributed by atoms with Gasteiger partial charge >= 0.3 is 0 Å². The van der Waals surface area contributed by atoms with E-state index in [0.29, 0.717) is 16.4 Å². The van der Waals surface area contributed by atoms with Crippen LogP contribution in [0.3, 0.4) is 0 Å². The van der Waals surface area contributed by atoms with Crippen LogP contribution in [0.4, 0.5) is 10.8 Å². The minimum absolute atomic E-state index is 0.00710. The van der Waals surface area contributed by atoms with Gasteiger partial charge in [0.1, 0.15) is 6.04 Å². The van der Waals surface area contributed by atoms with E-state index in [4.69, 9.17) is 0 Å². The van der Waals surface area contributed by atoms with Gasteiger partial charge in [-0.1, -0.05) is 74.5 Å². The first-order valence-electron chi connectivity index (χ1n) is 11.7. The third-order valence-electron chi connectivity index (χ3n) is 5.88. The van der Waals surface area contributed by atoms with Crippen molar-refractivity contribution in [3.63, 3.8) is 0 Å². The average Bonchev–Trinajstić information content (AvgIpc) is 3.37. The van der Waals surface area contributed by atoms with Gasteiger partial charge in [-0.2, -0.15) is 0 Å². The number of nitro groups is 1. The Bertz CT molecular complexity index is 1330. The summed E-state index contributed by atoms with van der Waals surface area (Å²) >= 11 is 1.24. The fraction of sp³-hybridized carbons (Fsp3) is 0.179. The highest BCUT2D eigenvalue weighted by Gasteiger charge is 2.30. The zero-order valence-corrected chi connectivity index (χ0v) is 21.1. The van der Waals surface area contributed by atoms with Crippen molar-refractivity contribution in [1.29, 1.82) is 0 Å². The van der Waals surface area contributed by atoms with Gasteiger partial charge in [-0.3, -0.25) is 19.7 Å². The maximum absolute atomic E-state index is 13.5. The SMILES string of the molecule is CC(C)[C@@H](NC(=O)C(c1ccccc1)c1ccccc1)C(=O)Nc1nc(-c2ccc([N+](=O)[O-])cc2)cs1. The number of carbonyl (C=O) groups excluding carboxylic acids is 2. The van der Waals surface area contributed by atoms with E-state index in [1.54, 1.807) is 17.5 Å². The molecule has 4 aromatic rings. The number of anilines is 1. The molecule has 0 saturated heterocycles. The van der Waals surface area contributed by atoms with Crippen LogP contribution >= 0.6 is 11.3 Å². The third-order valence-corrected chi connectivity index (χ3v) is 6.64. The summed E-state index contributed by atoms with van der Waals surface area (Å²) in [7, 11) is 0. The Kier molecular flexibility index (Phi) is 8.05. The van der Waals surface area contributed by atoms with Crippen molar-refractivity contribution in [3.05, 3.63) is 112 Å². The standard InChI is InChI=1S/C28H26N4O4S/c1-18(2)25(30-26(33)24(20-9-5-3-6-10-20)21-11-7-4-8-12-21)27(34)31-28-29-23(17-37-28)19-13-15-22(16-14-19)32(35)36/h3-18,24-25H,1-2H3,(H,30,33)(H,29,31,34)/t25-/m1/s1. The fourth-order valence-electron chi connectivity index (χ4n) is 3.96. The van der Waals surface area contributed by atoms with Crippen LogP contribution < -0.4 is 10.6 Å². The van der Waals surface area contributed by atoms with Gasteiger partial charge in [0.05, 0.1) is 16.5 Å². The van der Waals surface area contributed by atoms with Gasteiger partial charge in [0, 0.05) is 23.1 Å². The molecule has 188 valence electrons. The van der Waals surface area contributed by atoms with E-state index in [0.717, 1.165) is 11.1 Å².